The van der Waals surface area contributed by atoms with Crippen molar-refractivity contribution >= 4 is 11.8 Å². The Hall–Kier alpha value is -2.09. The Morgan fingerprint density at radius 2 is 1.68 bits per heavy atom. The topological polar surface area (TPSA) is 60.9 Å². The number of carbonyl (C=O) groups is 2. The van der Waals surface area contributed by atoms with Gasteiger partial charge in [-0.15, -0.1) is 0 Å². The van der Waals surface area contributed by atoms with E-state index in [0.29, 0.717) is 25.3 Å². The number of hydrogen-bond donors (Lipinski definition) is 1. The van der Waals surface area contributed by atoms with Gasteiger partial charge in [-0.2, -0.15) is 13.2 Å². The molecule has 1 heterocycles. The number of nitrogens with zero attached hydrogens (tertiary/aromatic N) is 2. The van der Waals surface area contributed by atoms with Gasteiger partial charge in [0.25, 0.3) is 11.8 Å². The molecule has 0 bridgehead atoms. The molecule has 0 unspecified atom stereocenters. The third kappa shape index (κ3) is 3.95. The van der Waals surface area contributed by atoms with Gasteiger partial charge in [0.1, 0.15) is 0 Å². The summed E-state index contributed by atoms with van der Waals surface area (Å²) in [6.07, 6.45) is -4.31. The number of aliphatic hydroxyl groups is 1. The first-order valence-electron chi connectivity index (χ1n) is 7.96. The van der Waals surface area contributed by atoms with Crippen molar-refractivity contribution in [1.29, 1.82) is 0 Å². The Bertz CT molecular complexity index is 624. The van der Waals surface area contributed by atoms with Crippen molar-refractivity contribution in [1.82, 2.24) is 9.80 Å². The van der Waals surface area contributed by atoms with E-state index in [0.717, 1.165) is 4.90 Å². The summed E-state index contributed by atoms with van der Waals surface area (Å²) in [6, 6.07) is 8.51. The quantitative estimate of drug-likeness (QED) is 0.900. The molecule has 5 nitrogen and oxygen atoms in total. The van der Waals surface area contributed by atoms with Gasteiger partial charge >= 0.3 is 6.18 Å². The van der Waals surface area contributed by atoms with Crippen molar-refractivity contribution in [2.75, 3.05) is 20.1 Å². The molecule has 0 spiro atoms. The molecule has 1 N–H and O–H groups in total. The number of benzene rings is 1. The van der Waals surface area contributed by atoms with Crippen LogP contribution in [-0.2, 0) is 4.79 Å². The molecule has 1 aliphatic rings. The molecule has 0 radical (unpaired) electrons. The summed E-state index contributed by atoms with van der Waals surface area (Å²) in [5, 5.41) is 9.50. The van der Waals surface area contributed by atoms with Gasteiger partial charge in [0.05, 0.1) is 0 Å². The fraction of sp³-hybridized carbons (Fsp3) is 0.529. The lowest BCUT2D eigenvalue weighted by molar-refractivity contribution is -0.250. The molecule has 2 amide bonds. The number of alkyl halides is 3. The Morgan fingerprint density at radius 1 is 1.16 bits per heavy atom. The second kappa shape index (κ2) is 7.03. The van der Waals surface area contributed by atoms with Crippen LogP contribution in [0.4, 0.5) is 13.2 Å². The fourth-order valence-electron chi connectivity index (χ4n) is 2.84. The molecule has 1 aliphatic heterocycles. The molecule has 1 atom stereocenters. The van der Waals surface area contributed by atoms with Crippen molar-refractivity contribution < 1.29 is 27.9 Å². The van der Waals surface area contributed by atoms with Crippen LogP contribution >= 0.6 is 0 Å². The first-order chi connectivity index (χ1) is 11.6. The third-order valence-electron chi connectivity index (χ3n) is 4.61. The zero-order chi connectivity index (χ0) is 18.8. The third-order valence-corrected chi connectivity index (χ3v) is 4.61. The van der Waals surface area contributed by atoms with Gasteiger partial charge in [-0.25, -0.2) is 0 Å². The van der Waals surface area contributed by atoms with Gasteiger partial charge < -0.3 is 14.9 Å². The summed E-state index contributed by atoms with van der Waals surface area (Å²) in [4.78, 5) is 26.9. The summed E-state index contributed by atoms with van der Waals surface area (Å²) >= 11 is 0. The van der Waals surface area contributed by atoms with Crippen LogP contribution in [-0.4, -0.2) is 64.7 Å². The first-order valence-corrected chi connectivity index (χ1v) is 7.96. The van der Waals surface area contributed by atoms with E-state index in [-0.39, 0.29) is 25.0 Å². The monoisotopic (exact) mass is 358 g/mol. The molecular formula is C17H21F3N2O3. The molecular weight excluding hydrogens is 337 g/mol. The van der Waals surface area contributed by atoms with Crippen LogP contribution in [0.5, 0.6) is 0 Å². The second-order valence-corrected chi connectivity index (χ2v) is 6.38. The summed E-state index contributed by atoms with van der Waals surface area (Å²) in [5.41, 5.74) is -2.87. The molecule has 1 aromatic rings. The van der Waals surface area contributed by atoms with Crippen LogP contribution < -0.4 is 0 Å². The lowest BCUT2D eigenvalue weighted by atomic mass is 9.98. The molecule has 1 saturated heterocycles. The van der Waals surface area contributed by atoms with E-state index in [9.17, 15) is 27.9 Å². The minimum atomic E-state index is -5.03. The van der Waals surface area contributed by atoms with E-state index in [4.69, 9.17) is 0 Å². The van der Waals surface area contributed by atoms with Crippen molar-refractivity contribution in [3.05, 3.63) is 35.9 Å². The largest absolute Gasteiger partial charge is 0.426 e. The number of rotatable bonds is 3. The maximum Gasteiger partial charge on any atom is 0.426 e. The maximum absolute atomic E-state index is 12.8. The number of carbonyl (C=O) groups excluding carboxylic acids is 2. The minimum absolute atomic E-state index is 0.0577. The Kier molecular flexibility index (Phi) is 5.41. The van der Waals surface area contributed by atoms with E-state index in [1.165, 1.54) is 0 Å². The van der Waals surface area contributed by atoms with Gasteiger partial charge in [0.2, 0.25) is 5.60 Å². The summed E-state index contributed by atoms with van der Waals surface area (Å²) in [7, 11) is 1.64. The molecule has 1 fully saturated rings. The van der Waals surface area contributed by atoms with E-state index < -0.39 is 17.7 Å². The van der Waals surface area contributed by atoms with Gasteiger partial charge in [-0.3, -0.25) is 9.59 Å². The molecule has 25 heavy (non-hydrogen) atoms. The van der Waals surface area contributed by atoms with Crippen LogP contribution in [0.15, 0.2) is 30.3 Å². The van der Waals surface area contributed by atoms with Gasteiger partial charge in [0, 0.05) is 31.7 Å². The van der Waals surface area contributed by atoms with Gasteiger partial charge in [0.15, 0.2) is 0 Å². The molecule has 2 rings (SSSR count). The number of likely N-dealkylation sites (tertiary alicyclic amines) is 1. The highest BCUT2D eigenvalue weighted by Crippen LogP contribution is 2.32. The Labute approximate surface area is 144 Å². The highest BCUT2D eigenvalue weighted by atomic mass is 19.4. The number of hydrogen-bond acceptors (Lipinski definition) is 3. The predicted octanol–water partition coefficient (Wildman–Crippen LogP) is 2.06. The first kappa shape index (κ1) is 19.2. The average molecular weight is 358 g/mol. The van der Waals surface area contributed by atoms with Crippen molar-refractivity contribution in [2.45, 2.75) is 37.6 Å². The van der Waals surface area contributed by atoms with E-state index in [2.05, 4.69) is 0 Å². The summed E-state index contributed by atoms with van der Waals surface area (Å²) < 4.78 is 38.4. The van der Waals surface area contributed by atoms with Crippen molar-refractivity contribution in [3.63, 3.8) is 0 Å². The predicted molar refractivity (Wildman–Crippen MR) is 84.8 cm³/mol. The zero-order valence-corrected chi connectivity index (χ0v) is 14.1. The van der Waals surface area contributed by atoms with Crippen LogP contribution in [0.1, 0.15) is 30.1 Å². The lowest BCUT2D eigenvalue weighted by Crippen LogP contribution is -2.58. The van der Waals surface area contributed by atoms with Crippen LogP contribution in [0.25, 0.3) is 0 Å². The second-order valence-electron chi connectivity index (χ2n) is 6.38. The van der Waals surface area contributed by atoms with Crippen molar-refractivity contribution in [2.24, 2.45) is 0 Å². The molecule has 1 aromatic carbocycles. The van der Waals surface area contributed by atoms with E-state index in [1.54, 1.807) is 42.3 Å². The molecule has 0 aliphatic carbocycles. The number of piperidine rings is 1. The van der Waals surface area contributed by atoms with E-state index in [1.807, 2.05) is 0 Å². The molecule has 138 valence electrons. The number of amides is 2. The molecule has 8 heteroatoms. The smallest absolute Gasteiger partial charge is 0.373 e. The van der Waals surface area contributed by atoms with Gasteiger partial charge in [-0.1, -0.05) is 18.2 Å². The molecule has 0 saturated carbocycles. The highest BCUT2D eigenvalue weighted by Gasteiger charge is 2.57. The normalized spacial score (nSPS) is 18.6. The molecule has 0 aromatic heterocycles. The van der Waals surface area contributed by atoms with E-state index >= 15 is 0 Å². The zero-order valence-electron chi connectivity index (χ0n) is 14.1. The van der Waals surface area contributed by atoms with Crippen LogP contribution in [0.2, 0.25) is 0 Å². The summed E-state index contributed by atoms with van der Waals surface area (Å²) in [5.74, 6) is -1.52. The van der Waals surface area contributed by atoms with Gasteiger partial charge in [-0.05, 0) is 31.9 Å². The van der Waals surface area contributed by atoms with Crippen LogP contribution in [0.3, 0.4) is 0 Å². The fourth-order valence-corrected chi connectivity index (χ4v) is 2.84. The Balaban J connectivity index is 1.97. The van der Waals surface area contributed by atoms with Crippen molar-refractivity contribution in [3.8, 4) is 0 Å². The average Bonchev–Trinajstić information content (AvgIpc) is 2.59. The lowest BCUT2D eigenvalue weighted by Gasteiger charge is -2.39. The summed E-state index contributed by atoms with van der Waals surface area (Å²) in [6.45, 7) is 0.580. The minimum Gasteiger partial charge on any atom is -0.373 e. The maximum atomic E-state index is 12.8. The van der Waals surface area contributed by atoms with Crippen LogP contribution in [0, 0.1) is 0 Å². The highest BCUT2D eigenvalue weighted by molar-refractivity contribution is 5.94. The SMILES string of the molecule is CN(C(=O)c1ccccc1)C1CCN(C(=O)[C@@](C)(O)C(F)(F)F)CC1. The number of halogens is 3. The standard InChI is InChI=1S/C17H21F3N2O3/c1-16(25,17(18,19)20)15(24)22-10-8-13(9-11-22)21(2)14(23)12-6-4-3-5-7-12/h3-7,13,25H,8-11H2,1-2H3/t16-/m1/s1. The Morgan fingerprint density at radius 3 is 2.16 bits per heavy atom.